The molecule has 0 fully saturated rings. The van der Waals surface area contributed by atoms with Crippen molar-refractivity contribution in [3.63, 3.8) is 0 Å². The van der Waals surface area contributed by atoms with Crippen molar-refractivity contribution in [3.8, 4) is 39.5 Å². The van der Waals surface area contributed by atoms with Gasteiger partial charge in [0.15, 0.2) is 0 Å². The Morgan fingerprint density at radius 2 is 1.43 bits per heavy atom. The van der Waals surface area contributed by atoms with E-state index in [0.29, 0.717) is 50.1 Å². The standard InChI is InChI=1S/C42H29FN3O.C24H28NSi.Ir/c1-23-18-28(27-10-6-5-7-11-27)19-24(2)40(23)46-37-21-32-26(4)25(3)29-12-8-9-13-30(29)33(32)20-36(37)45-42(46)31-14-15-35(43)39-34-22-44-17-16-38(34)47-41(31)39;1-18-11-13-21(14-12-18)23-16-22(24(17-25-23)26(3,4)5)15-19(2)20-9-7-6-8-10-20;/h5-13,15-22H,1-4H3;6-13,16-17,19H,15H2,1-5H3;/q2*-1;/i;1D3,15D2;. The predicted octanol–water partition coefficient (Wildman–Crippen LogP) is 16.9. The Morgan fingerprint density at radius 3 is 2.14 bits per heavy atom. The van der Waals surface area contributed by atoms with E-state index in [2.05, 4.69) is 147 Å². The van der Waals surface area contributed by atoms with Crippen LogP contribution in [0.1, 0.15) is 58.6 Å². The Bertz CT molecular complexity index is 4260. The Kier molecular flexibility index (Phi) is 12.0. The second kappa shape index (κ2) is 20.2. The molecule has 0 bridgehead atoms. The van der Waals surface area contributed by atoms with Gasteiger partial charge in [-0.3, -0.25) is 14.4 Å². The maximum Gasteiger partial charge on any atom is 0.124 e. The van der Waals surface area contributed by atoms with Crippen LogP contribution in [0.5, 0.6) is 0 Å². The van der Waals surface area contributed by atoms with Gasteiger partial charge in [-0.25, -0.2) is 0 Å². The van der Waals surface area contributed by atoms with Crippen LogP contribution in [0.4, 0.5) is 4.39 Å². The van der Waals surface area contributed by atoms with Crippen molar-refractivity contribution in [3.05, 3.63) is 221 Å². The molecule has 8 heteroatoms. The number of rotatable bonds is 8. The normalized spacial score (nSPS) is 13.4. The third kappa shape index (κ3) is 9.21. The quantitative estimate of drug-likeness (QED) is 0.0864. The van der Waals surface area contributed by atoms with Gasteiger partial charge in [0.05, 0.1) is 30.5 Å². The summed E-state index contributed by atoms with van der Waals surface area (Å²) < 4.78 is 64.8. The van der Waals surface area contributed by atoms with Gasteiger partial charge in [-0.1, -0.05) is 136 Å². The zero-order valence-corrected chi connectivity index (χ0v) is 46.0. The Morgan fingerprint density at radius 1 is 0.730 bits per heavy atom. The summed E-state index contributed by atoms with van der Waals surface area (Å²) in [7, 11) is -1.88. The van der Waals surface area contributed by atoms with Crippen LogP contribution in [0, 0.1) is 52.5 Å². The summed E-state index contributed by atoms with van der Waals surface area (Å²) in [5, 5.41) is 6.77. The number of aromatic nitrogens is 4. The molecule has 0 saturated heterocycles. The fourth-order valence-electron chi connectivity index (χ4n) is 10.4. The van der Waals surface area contributed by atoms with Gasteiger partial charge in [-0.05, 0) is 147 Å². The SMILES string of the molecule is Cc1cc(-c2ccccc2)cc(C)c1-n1c(-c2[c-]cc(F)c3c2oc2ccncc23)nc2cc3c(cc21)c(C)c(C)c1ccccc13.[2H]C([2H])([2H])c1c[c-]c(-c2cc(C([2H])([2H])C(C)c3ccccc3)c([Si](C)(C)C)cn2)cc1.[Ir]. The molecular formula is C66H57FIrN4OSi-2. The molecule has 0 saturated carbocycles. The largest absolute Gasteiger partial charge is 0.500 e. The van der Waals surface area contributed by atoms with E-state index in [0.717, 1.165) is 55.1 Å². The van der Waals surface area contributed by atoms with Gasteiger partial charge >= 0.3 is 0 Å². The number of fused-ring (bicyclic) bond motifs is 7. The number of pyridine rings is 2. The van der Waals surface area contributed by atoms with E-state index in [1.165, 1.54) is 39.4 Å². The second-order valence-electron chi connectivity index (χ2n) is 20.1. The molecule has 0 amide bonds. The number of imidazole rings is 1. The van der Waals surface area contributed by atoms with Gasteiger partial charge in [0.2, 0.25) is 0 Å². The van der Waals surface area contributed by atoms with Gasteiger partial charge < -0.3 is 14.0 Å². The Hall–Kier alpha value is -7.35. The fourth-order valence-corrected chi connectivity index (χ4v) is 11.8. The molecule has 0 aliphatic heterocycles. The molecule has 0 aliphatic carbocycles. The van der Waals surface area contributed by atoms with Crippen molar-refractivity contribution in [2.45, 2.75) is 73.4 Å². The second-order valence-corrected chi connectivity index (χ2v) is 25.1. The molecule has 369 valence electrons. The molecule has 0 spiro atoms. The minimum absolute atomic E-state index is 0. The van der Waals surface area contributed by atoms with E-state index >= 15 is 4.39 Å². The first-order valence-corrected chi connectivity index (χ1v) is 28.2. The average molecular weight is 1170 g/mol. The number of nitrogens with zero attached hydrogens (tertiary/aromatic N) is 4. The zero-order valence-electron chi connectivity index (χ0n) is 47.6. The first kappa shape index (κ1) is 44.2. The maximum atomic E-state index is 15.5. The van der Waals surface area contributed by atoms with Crippen LogP contribution in [0.2, 0.25) is 19.6 Å². The van der Waals surface area contributed by atoms with Crippen LogP contribution in [0.25, 0.3) is 94.0 Å². The van der Waals surface area contributed by atoms with Gasteiger partial charge in [0, 0.05) is 62.4 Å². The summed E-state index contributed by atoms with van der Waals surface area (Å²) in [6.07, 6.45) is 3.50. The molecule has 1 unspecified atom stereocenters. The maximum absolute atomic E-state index is 15.5. The average Bonchev–Trinajstić information content (AvgIpc) is 4.24. The first-order valence-electron chi connectivity index (χ1n) is 27.2. The molecule has 1 radical (unpaired) electrons. The molecule has 12 rings (SSSR count). The van der Waals surface area contributed by atoms with E-state index < -0.39 is 27.1 Å². The van der Waals surface area contributed by atoms with Crippen LogP contribution in [-0.2, 0) is 26.5 Å². The summed E-state index contributed by atoms with van der Waals surface area (Å²) in [6.45, 7) is 15.0. The van der Waals surface area contributed by atoms with Crippen LogP contribution >= 0.6 is 0 Å². The van der Waals surface area contributed by atoms with Gasteiger partial charge in [-0.15, -0.1) is 47.5 Å². The molecule has 4 heterocycles. The van der Waals surface area contributed by atoms with Gasteiger partial charge in [0.1, 0.15) is 5.58 Å². The molecule has 4 aromatic heterocycles. The molecule has 1 atom stereocenters. The monoisotopic (exact) mass is 1170 g/mol. The third-order valence-electron chi connectivity index (χ3n) is 14.2. The van der Waals surface area contributed by atoms with E-state index in [1.807, 2.05) is 49.4 Å². The fraction of sp³-hybridized carbons (Fsp3) is 0.167. The van der Waals surface area contributed by atoms with Crippen LogP contribution in [0.15, 0.2) is 169 Å². The number of aryl methyl sites for hydroxylation is 5. The summed E-state index contributed by atoms with van der Waals surface area (Å²) in [5.74, 6) is -0.105. The van der Waals surface area contributed by atoms with E-state index in [-0.39, 0.29) is 31.6 Å². The summed E-state index contributed by atoms with van der Waals surface area (Å²) in [6, 6.07) is 53.6. The van der Waals surface area contributed by atoms with E-state index in [1.54, 1.807) is 36.8 Å². The Balaban J connectivity index is 0.000000192. The van der Waals surface area contributed by atoms with Gasteiger partial charge in [0.25, 0.3) is 0 Å². The number of furan rings is 1. The molecule has 8 aromatic carbocycles. The number of halogens is 1. The summed E-state index contributed by atoms with van der Waals surface area (Å²) in [5.41, 5.74) is 14.5. The number of hydrogen-bond donors (Lipinski definition) is 0. The zero-order chi connectivity index (χ0) is 55.0. The Labute approximate surface area is 454 Å². The molecule has 74 heavy (non-hydrogen) atoms. The minimum atomic E-state index is -2.18. The van der Waals surface area contributed by atoms with Crippen LogP contribution in [0.3, 0.4) is 0 Å². The van der Waals surface area contributed by atoms with E-state index in [9.17, 15) is 0 Å². The van der Waals surface area contributed by atoms with Gasteiger partial charge in [-0.2, -0.15) is 0 Å². The van der Waals surface area contributed by atoms with E-state index in [4.69, 9.17) is 16.3 Å². The molecule has 5 nitrogen and oxygen atoms in total. The molecule has 0 N–H and O–H groups in total. The minimum Gasteiger partial charge on any atom is -0.500 e. The summed E-state index contributed by atoms with van der Waals surface area (Å²) in [4.78, 5) is 14.2. The molecule has 12 aromatic rings. The third-order valence-corrected chi connectivity index (χ3v) is 16.2. The number of hydrogen-bond acceptors (Lipinski definition) is 4. The van der Waals surface area contributed by atoms with Crippen molar-refractivity contribution in [1.82, 2.24) is 19.5 Å². The summed E-state index contributed by atoms with van der Waals surface area (Å²) >= 11 is 0. The van der Waals surface area contributed by atoms with Crippen LogP contribution < -0.4 is 5.19 Å². The van der Waals surface area contributed by atoms with Crippen molar-refractivity contribution in [2.24, 2.45) is 0 Å². The number of benzene rings is 8. The van der Waals surface area contributed by atoms with Crippen LogP contribution in [-0.4, -0.2) is 27.6 Å². The predicted molar refractivity (Wildman–Crippen MR) is 305 cm³/mol. The van der Waals surface area contributed by atoms with Crippen molar-refractivity contribution >= 4 is 67.8 Å². The molecule has 0 aliphatic rings. The van der Waals surface area contributed by atoms with Crippen molar-refractivity contribution in [1.29, 1.82) is 0 Å². The topological polar surface area (TPSA) is 56.7 Å². The molecular weight excluding hydrogens is 1100 g/mol. The smallest absolute Gasteiger partial charge is 0.124 e. The first-order chi connectivity index (χ1) is 37.2. The van der Waals surface area contributed by atoms with Crippen molar-refractivity contribution in [2.75, 3.05) is 0 Å². The van der Waals surface area contributed by atoms with Crippen molar-refractivity contribution < 1.29 is 35.8 Å².